The Hall–Kier alpha value is -1.30. The number of hydrogen-bond donors (Lipinski definition) is 3. The third-order valence-electron chi connectivity index (χ3n) is 2.96. The molecular formula is C12H22N2O4. The number of nitrogens with one attached hydrogen (secondary N) is 2. The molecule has 18 heavy (non-hydrogen) atoms. The molecule has 1 aliphatic rings. The summed E-state index contributed by atoms with van der Waals surface area (Å²) in [5.74, 6) is -0.699. The van der Waals surface area contributed by atoms with Gasteiger partial charge in [-0.15, -0.1) is 0 Å². The number of rotatable bonds is 4. The molecule has 1 heterocycles. The minimum Gasteiger partial charge on any atom is -0.480 e. The molecule has 0 aromatic carbocycles. The van der Waals surface area contributed by atoms with Gasteiger partial charge in [-0.2, -0.15) is 0 Å². The third kappa shape index (κ3) is 4.52. The summed E-state index contributed by atoms with van der Waals surface area (Å²) in [5.41, 5.74) is -0.528. The van der Waals surface area contributed by atoms with Gasteiger partial charge in [0.15, 0.2) is 0 Å². The fraction of sp³-hybridized carbons (Fsp3) is 0.833. The number of carboxylic acids is 1. The van der Waals surface area contributed by atoms with Crippen LogP contribution in [0.4, 0.5) is 4.79 Å². The highest BCUT2D eigenvalue weighted by Crippen LogP contribution is 2.19. The first kappa shape index (κ1) is 14.8. The van der Waals surface area contributed by atoms with Crippen LogP contribution in [0.15, 0.2) is 0 Å². The third-order valence-corrected chi connectivity index (χ3v) is 2.96. The van der Waals surface area contributed by atoms with Crippen molar-refractivity contribution in [3.8, 4) is 0 Å². The molecule has 2 amide bonds. The molecule has 1 unspecified atom stereocenters. The fourth-order valence-electron chi connectivity index (χ4n) is 1.81. The van der Waals surface area contributed by atoms with Gasteiger partial charge in [-0.05, 0) is 11.8 Å². The van der Waals surface area contributed by atoms with Gasteiger partial charge in [-0.3, -0.25) is 0 Å². The summed E-state index contributed by atoms with van der Waals surface area (Å²) in [4.78, 5) is 22.7. The lowest BCUT2D eigenvalue weighted by Crippen LogP contribution is -2.52. The molecule has 6 nitrogen and oxygen atoms in total. The first-order chi connectivity index (χ1) is 8.30. The Bertz CT molecular complexity index is 306. The van der Waals surface area contributed by atoms with Crippen LogP contribution in [0.1, 0.15) is 27.2 Å². The number of hydrogen-bond acceptors (Lipinski definition) is 3. The monoisotopic (exact) mass is 258 g/mol. The maximum absolute atomic E-state index is 11.6. The summed E-state index contributed by atoms with van der Waals surface area (Å²) in [6, 6.07) is -1.35. The second-order valence-electron chi connectivity index (χ2n) is 5.72. The molecule has 1 aliphatic heterocycles. The van der Waals surface area contributed by atoms with Crippen LogP contribution in [0.25, 0.3) is 0 Å². The summed E-state index contributed by atoms with van der Waals surface area (Å²) in [6.07, 6.45) is 0.932. The first-order valence-corrected chi connectivity index (χ1v) is 6.15. The van der Waals surface area contributed by atoms with Crippen molar-refractivity contribution >= 4 is 12.0 Å². The van der Waals surface area contributed by atoms with Crippen molar-refractivity contribution < 1.29 is 19.4 Å². The molecule has 0 aliphatic carbocycles. The average Bonchev–Trinajstić information content (AvgIpc) is 2.73. The van der Waals surface area contributed by atoms with Crippen LogP contribution in [0, 0.1) is 11.3 Å². The zero-order chi connectivity index (χ0) is 13.8. The van der Waals surface area contributed by atoms with Gasteiger partial charge in [-0.25, -0.2) is 9.59 Å². The van der Waals surface area contributed by atoms with Crippen LogP contribution in [0.2, 0.25) is 0 Å². The fourth-order valence-corrected chi connectivity index (χ4v) is 1.81. The number of amides is 2. The van der Waals surface area contributed by atoms with Crippen molar-refractivity contribution in [3.63, 3.8) is 0 Å². The molecule has 6 heteroatoms. The molecule has 0 bridgehead atoms. The van der Waals surface area contributed by atoms with Gasteiger partial charge >= 0.3 is 12.0 Å². The van der Waals surface area contributed by atoms with Crippen molar-refractivity contribution in [2.75, 3.05) is 19.8 Å². The second-order valence-corrected chi connectivity index (χ2v) is 5.72. The molecule has 0 aromatic heterocycles. The van der Waals surface area contributed by atoms with Crippen LogP contribution < -0.4 is 10.6 Å². The molecule has 1 fully saturated rings. The summed E-state index contributed by atoms with van der Waals surface area (Å²) in [6.45, 7) is 7.22. The van der Waals surface area contributed by atoms with Gasteiger partial charge in [-0.1, -0.05) is 20.8 Å². The van der Waals surface area contributed by atoms with Gasteiger partial charge in [0.25, 0.3) is 0 Å². The van der Waals surface area contributed by atoms with Crippen molar-refractivity contribution in [3.05, 3.63) is 0 Å². The van der Waals surface area contributed by atoms with E-state index in [1.54, 1.807) is 20.8 Å². The normalized spacial score (nSPS) is 21.4. The van der Waals surface area contributed by atoms with Crippen molar-refractivity contribution in [2.45, 2.75) is 33.2 Å². The molecule has 3 N–H and O–H groups in total. The molecule has 0 spiro atoms. The lowest BCUT2D eigenvalue weighted by Gasteiger charge is -2.27. The van der Waals surface area contributed by atoms with E-state index in [-0.39, 0.29) is 0 Å². The van der Waals surface area contributed by atoms with E-state index >= 15 is 0 Å². The number of aliphatic carboxylic acids is 1. The Morgan fingerprint density at radius 1 is 1.44 bits per heavy atom. The molecule has 1 saturated heterocycles. The van der Waals surface area contributed by atoms with Gasteiger partial charge < -0.3 is 20.5 Å². The quantitative estimate of drug-likeness (QED) is 0.696. The number of urea groups is 1. The molecule has 2 atom stereocenters. The highest BCUT2D eigenvalue weighted by Gasteiger charge is 2.32. The van der Waals surface area contributed by atoms with E-state index in [0.717, 1.165) is 13.0 Å². The number of carbonyl (C=O) groups excluding carboxylic acids is 1. The molecular weight excluding hydrogens is 236 g/mol. The van der Waals surface area contributed by atoms with Gasteiger partial charge in [0.05, 0.1) is 6.61 Å². The topological polar surface area (TPSA) is 87.7 Å². The van der Waals surface area contributed by atoms with E-state index in [0.29, 0.717) is 19.1 Å². The zero-order valence-corrected chi connectivity index (χ0v) is 11.2. The van der Waals surface area contributed by atoms with E-state index in [1.165, 1.54) is 0 Å². The van der Waals surface area contributed by atoms with E-state index in [9.17, 15) is 9.59 Å². The van der Waals surface area contributed by atoms with E-state index in [2.05, 4.69) is 10.6 Å². The average molecular weight is 258 g/mol. The van der Waals surface area contributed by atoms with Crippen molar-refractivity contribution in [2.24, 2.45) is 11.3 Å². The van der Waals surface area contributed by atoms with Crippen LogP contribution in [-0.4, -0.2) is 42.9 Å². The minimum absolute atomic E-state index is 0.327. The van der Waals surface area contributed by atoms with Gasteiger partial charge in [0.1, 0.15) is 6.04 Å². The highest BCUT2D eigenvalue weighted by molar-refractivity contribution is 5.83. The van der Waals surface area contributed by atoms with Crippen LogP contribution >= 0.6 is 0 Å². The smallest absolute Gasteiger partial charge is 0.326 e. The van der Waals surface area contributed by atoms with Crippen LogP contribution in [0.5, 0.6) is 0 Å². The number of ether oxygens (including phenoxy) is 1. The summed E-state index contributed by atoms with van der Waals surface area (Å²) in [5, 5.41) is 14.3. The number of carbonyl (C=O) groups is 2. The Kier molecular flexibility index (Phi) is 4.95. The van der Waals surface area contributed by atoms with Gasteiger partial charge in [0.2, 0.25) is 0 Å². The maximum Gasteiger partial charge on any atom is 0.326 e. The SMILES string of the molecule is CC(C)(C)[C@H](NC(=O)NCC1CCOC1)C(=O)O. The molecule has 0 saturated carbocycles. The molecule has 104 valence electrons. The van der Waals surface area contributed by atoms with E-state index < -0.39 is 23.5 Å². The van der Waals surface area contributed by atoms with Gasteiger partial charge in [0, 0.05) is 19.1 Å². The Labute approximate surface area is 107 Å². The van der Waals surface area contributed by atoms with Crippen molar-refractivity contribution in [1.29, 1.82) is 0 Å². The summed E-state index contributed by atoms with van der Waals surface area (Å²) in [7, 11) is 0. The van der Waals surface area contributed by atoms with Crippen LogP contribution in [-0.2, 0) is 9.53 Å². The minimum atomic E-state index is -1.03. The highest BCUT2D eigenvalue weighted by atomic mass is 16.5. The first-order valence-electron chi connectivity index (χ1n) is 6.15. The summed E-state index contributed by atoms with van der Waals surface area (Å²) < 4.78 is 5.20. The number of carboxylic acid groups (broad SMARTS) is 1. The molecule has 1 rings (SSSR count). The van der Waals surface area contributed by atoms with Crippen LogP contribution in [0.3, 0.4) is 0 Å². The maximum atomic E-state index is 11.6. The Morgan fingerprint density at radius 2 is 2.11 bits per heavy atom. The lowest BCUT2D eigenvalue weighted by atomic mass is 9.87. The van der Waals surface area contributed by atoms with E-state index in [4.69, 9.17) is 9.84 Å². The van der Waals surface area contributed by atoms with E-state index in [1.807, 2.05) is 0 Å². The lowest BCUT2D eigenvalue weighted by molar-refractivity contribution is -0.141. The summed E-state index contributed by atoms with van der Waals surface area (Å²) >= 11 is 0. The predicted octanol–water partition coefficient (Wildman–Crippen LogP) is 0.821. The Morgan fingerprint density at radius 3 is 2.56 bits per heavy atom. The Balaban J connectivity index is 2.39. The predicted molar refractivity (Wildman–Crippen MR) is 66.3 cm³/mol. The molecule has 0 radical (unpaired) electrons. The van der Waals surface area contributed by atoms with Crippen molar-refractivity contribution in [1.82, 2.24) is 10.6 Å². The molecule has 0 aromatic rings. The standard InChI is InChI=1S/C12H22N2O4/c1-12(2,3)9(10(15)16)14-11(17)13-6-8-4-5-18-7-8/h8-9H,4-7H2,1-3H3,(H,15,16)(H2,13,14,17)/t8?,9-/m1/s1. The zero-order valence-electron chi connectivity index (χ0n) is 11.2. The second kappa shape index (κ2) is 6.04. The largest absolute Gasteiger partial charge is 0.480 e.